The van der Waals surface area contributed by atoms with E-state index in [0.717, 1.165) is 55.1 Å². The van der Waals surface area contributed by atoms with Crippen molar-refractivity contribution >= 4 is 23.2 Å². The minimum Gasteiger partial charge on any atom is -0.342 e. The summed E-state index contributed by atoms with van der Waals surface area (Å²) < 4.78 is 1.97. The summed E-state index contributed by atoms with van der Waals surface area (Å²) in [5, 5.41) is 0.667. The highest BCUT2D eigenvalue weighted by atomic mass is 35.5. The molecule has 1 aliphatic carbocycles. The van der Waals surface area contributed by atoms with Gasteiger partial charge in [0.1, 0.15) is 5.65 Å². The Morgan fingerprint density at radius 2 is 2.07 bits per heavy atom. The first-order chi connectivity index (χ1) is 13.7. The zero-order valence-corrected chi connectivity index (χ0v) is 16.5. The van der Waals surface area contributed by atoms with Crippen LogP contribution in [0.4, 0.5) is 0 Å². The van der Waals surface area contributed by atoms with Crippen molar-refractivity contribution in [2.75, 3.05) is 13.1 Å². The van der Waals surface area contributed by atoms with Crippen LogP contribution in [0.15, 0.2) is 42.7 Å². The maximum absolute atomic E-state index is 12.5. The minimum atomic E-state index is 0.291. The SMILES string of the molecule is O=C(CC1CC1)N1CCCC(c2cccc(-c3cnc4ccc(Cl)cn34)n2)C1. The van der Waals surface area contributed by atoms with Crippen LogP contribution in [0.2, 0.25) is 5.02 Å². The van der Waals surface area contributed by atoms with E-state index in [1.165, 1.54) is 12.8 Å². The summed E-state index contributed by atoms with van der Waals surface area (Å²) in [4.78, 5) is 24.0. The molecule has 5 rings (SSSR count). The molecule has 0 radical (unpaired) electrons. The molecule has 0 spiro atoms. The van der Waals surface area contributed by atoms with Crippen LogP contribution in [0, 0.1) is 5.92 Å². The summed E-state index contributed by atoms with van der Waals surface area (Å²) >= 11 is 6.17. The lowest BCUT2D eigenvalue weighted by molar-refractivity contribution is -0.132. The third-order valence-corrected chi connectivity index (χ3v) is 6.08. The summed E-state index contributed by atoms with van der Waals surface area (Å²) in [6.07, 6.45) is 8.98. The Bertz CT molecular complexity index is 1030. The number of piperidine rings is 1. The molecular formula is C22H23ClN4O. The van der Waals surface area contributed by atoms with E-state index < -0.39 is 0 Å². The van der Waals surface area contributed by atoms with E-state index >= 15 is 0 Å². The first kappa shape index (κ1) is 17.7. The van der Waals surface area contributed by atoms with Crippen molar-refractivity contribution in [1.82, 2.24) is 19.3 Å². The molecule has 1 atom stereocenters. The van der Waals surface area contributed by atoms with Crippen LogP contribution in [0.5, 0.6) is 0 Å². The molecule has 6 heteroatoms. The number of fused-ring (bicyclic) bond motifs is 1. The number of imidazole rings is 1. The Labute approximate surface area is 169 Å². The Hall–Kier alpha value is -2.40. The molecule has 28 heavy (non-hydrogen) atoms. The molecule has 1 saturated heterocycles. The van der Waals surface area contributed by atoms with Crippen molar-refractivity contribution in [3.63, 3.8) is 0 Å². The number of amides is 1. The highest BCUT2D eigenvalue weighted by molar-refractivity contribution is 6.30. The van der Waals surface area contributed by atoms with Crippen LogP contribution < -0.4 is 0 Å². The van der Waals surface area contributed by atoms with Gasteiger partial charge in [0.25, 0.3) is 0 Å². The summed E-state index contributed by atoms with van der Waals surface area (Å²) in [6, 6.07) is 9.88. The average molecular weight is 395 g/mol. The predicted octanol–water partition coefficient (Wildman–Crippen LogP) is 4.56. The van der Waals surface area contributed by atoms with Crippen LogP contribution in [-0.2, 0) is 4.79 Å². The van der Waals surface area contributed by atoms with Gasteiger partial charge in [-0.3, -0.25) is 14.2 Å². The van der Waals surface area contributed by atoms with Crippen molar-refractivity contribution in [3.8, 4) is 11.4 Å². The summed E-state index contributed by atoms with van der Waals surface area (Å²) in [5.41, 5.74) is 3.71. The lowest BCUT2D eigenvalue weighted by Crippen LogP contribution is -2.39. The van der Waals surface area contributed by atoms with E-state index in [9.17, 15) is 4.79 Å². The van der Waals surface area contributed by atoms with E-state index in [0.29, 0.717) is 22.8 Å². The highest BCUT2D eigenvalue weighted by Gasteiger charge is 2.30. The molecular weight excluding hydrogens is 372 g/mol. The van der Waals surface area contributed by atoms with Crippen molar-refractivity contribution in [1.29, 1.82) is 0 Å². The van der Waals surface area contributed by atoms with E-state index in [2.05, 4.69) is 16.0 Å². The maximum Gasteiger partial charge on any atom is 0.222 e. The number of aromatic nitrogens is 3. The van der Waals surface area contributed by atoms with Crippen LogP contribution in [0.25, 0.3) is 17.0 Å². The van der Waals surface area contributed by atoms with Crippen molar-refractivity contribution in [2.45, 2.75) is 38.0 Å². The van der Waals surface area contributed by atoms with Crippen molar-refractivity contribution in [3.05, 3.63) is 53.4 Å². The quantitative estimate of drug-likeness (QED) is 0.652. The van der Waals surface area contributed by atoms with Gasteiger partial charge in [-0.15, -0.1) is 0 Å². The first-order valence-electron chi connectivity index (χ1n) is 10.0. The second kappa shape index (κ2) is 7.21. The number of likely N-dealkylation sites (tertiary alicyclic amines) is 1. The molecule has 0 aromatic carbocycles. The number of rotatable bonds is 4. The lowest BCUT2D eigenvalue weighted by Gasteiger charge is -2.32. The first-order valence-corrected chi connectivity index (χ1v) is 10.4. The zero-order valence-electron chi connectivity index (χ0n) is 15.7. The van der Waals surface area contributed by atoms with Crippen molar-refractivity contribution in [2.24, 2.45) is 5.92 Å². The topological polar surface area (TPSA) is 50.5 Å². The molecule has 3 aromatic heterocycles. The molecule has 2 fully saturated rings. The minimum absolute atomic E-state index is 0.291. The molecule has 0 bridgehead atoms. The average Bonchev–Trinajstić information content (AvgIpc) is 3.44. The molecule has 2 aliphatic rings. The largest absolute Gasteiger partial charge is 0.342 e. The Kier molecular flexibility index (Phi) is 4.55. The predicted molar refractivity (Wildman–Crippen MR) is 109 cm³/mol. The number of hydrogen-bond acceptors (Lipinski definition) is 3. The van der Waals surface area contributed by atoms with E-state index in [1.807, 2.05) is 41.1 Å². The Balaban J connectivity index is 1.40. The van der Waals surface area contributed by atoms with Crippen LogP contribution in [-0.4, -0.2) is 38.3 Å². The second-order valence-corrected chi connectivity index (χ2v) is 8.43. The van der Waals surface area contributed by atoms with E-state index in [-0.39, 0.29) is 0 Å². The molecule has 3 aromatic rings. The van der Waals surface area contributed by atoms with Crippen LogP contribution >= 0.6 is 11.6 Å². The third-order valence-electron chi connectivity index (χ3n) is 5.86. The van der Waals surface area contributed by atoms with E-state index in [1.54, 1.807) is 0 Å². The number of pyridine rings is 2. The van der Waals surface area contributed by atoms with Crippen molar-refractivity contribution < 1.29 is 4.79 Å². The number of hydrogen-bond donors (Lipinski definition) is 0. The van der Waals surface area contributed by atoms with Crippen LogP contribution in [0.3, 0.4) is 0 Å². The van der Waals surface area contributed by atoms with E-state index in [4.69, 9.17) is 16.6 Å². The van der Waals surface area contributed by atoms with Gasteiger partial charge in [-0.2, -0.15) is 0 Å². The van der Waals surface area contributed by atoms with Gasteiger partial charge in [0, 0.05) is 37.3 Å². The van der Waals surface area contributed by atoms with Gasteiger partial charge in [0.15, 0.2) is 0 Å². The molecule has 1 aliphatic heterocycles. The standard InChI is InChI=1S/C22H23ClN4O/c23-17-8-9-21-24-12-20(27(21)14-17)19-5-1-4-18(25-19)16-3-2-10-26(13-16)22(28)11-15-6-7-15/h1,4-5,8-9,12,14-16H,2-3,6-7,10-11,13H2. The monoisotopic (exact) mass is 394 g/mol. The fourth-order valence-corrected chi connectivity index (χ4v) is 4.27. The fraction of sp³-hybridized carbons (Fsp3) is 0.409. The lowest BCUT2D eigenvalue weighted by atomic mass is 9.93. The van der Waals surface area contributed by atoms with Gasteiger partial charge >= 0.3 is 0 Å². The molecule has 5 nitrogen and oxygen atoms in total. The van der Waals surface area contributed by atoms with Gasteiger partial charge in [0.2, 0.25) is 5.91 Å². The third kappa shape index (κ3) is 3.51. The smallest absolute Gasteiger partial charge is 0.222 e. The molecule has 1 saturated carbocycles. The van der Waals surface area contributed by atoms with Gasteiger partial charge < -0.3 is 4.90 Å². The second-order valence-electron chi connectivity index (χ2n) is 7.99. The van der Waals surface area contributed by atoms with Gasteiger partial charge in [-0.1, -0.05) is 17.7 Å². The molecule has 1 unspecified atom stereocenters. The summed E-state index contributed by atoms with van der Waals surface area (Å²) in [7, 11) is 0. The number of halogens is 1. The molecule has 1 amide bonds. The van der Waals surface area contributed by atoms with Gasteiger partial charge in [-0.05, 0) is 55.9 Å². The number of carbonyl (C=O) groups is 1. The van der Waals surface area contributed by atoms with Crippen LogP contribution in [0.1, 0.15) is 43.7 Å². The fourth-order valence-electron chi connectivity index (χ4n) is 4.11. The normalized spacial score (nSPS) is 19.9. The van der Waals surface area contributed by atoms with Gasteiger partial charge in [0.05, 0.1) is 22.6 Å². The molecule has 144 valence electrons. The maximum atomic E-state index is 12.5. The Morgan fingerprint density at radius 3 is 2.93 bits per heavy atom. The zero-order chi connectivity index (χ0) is 19.1. The number of nitrogens with zero attached hydrogens (tertiary/aromatic N) is 4. The van der Waals surface area contributed by atoms with Gasteiger partial charge in [-0.25, -0.2) is 4.98 Å². The highest BCUT2D eigenvalue weighted by Crippen LogP contribution is 2.34. The molecule has 4 heterocycles. The molecule has 0 N–H and O–H groups in total. The summed E-state index contributed by atoms with van der Waals surface area (Å²) in [6.45, 7) is 1.66. The Morgan fingerprint density at radius 1 is 1.18 bits per heavy atom. The number of carbonyl (C=O) groups excluding carboxylic acids is 1. The summed E-state index contributed by atoms with van der Waals surface area (Å²) in [5.74, 6) is 1.25.